The molecule has 27 heavy (non-hydrogen) atoms. The Kier molecular flexibility index (Phi) is 5.62. The highest BCUT2D eigenvalue weighted by Gasteiger charge is 2.04. The lowest BCUT2D eigenvalue weighted by Crippen LogP contribution is -1.98. The van der Waals surface area contributed by atoms with Crippen molar-refractivity contribution in [3.8, 4) is 17.9 Å². The van der Waals surface area contributed by atoms with Crippen LogP contribution in [0.2, 0.25) is 0 Å². The highest BCUT2D eigenvalue weighted by molar-refractivity contribution is 5.89. The molecule has 4 heteroatoms. The Bertz CT molecular complexity index is 1060. The van der Waals surface area contributed by atoms with E-state index in [1.54, 1.807) is 36.4 Å². The van der Waals surface area contributed by atoms with Crippen molar-refractivity contribution in [3.05, 3.63) is 101 Å². The Balaban J connectivity index is 1.73. The van der Waals surface area contributed by atoms with Crippen molar-refractivity contribution in [2.45, 2.75) is 6.61 Å². The number of ether oxygens (including phenoxy) is 1. The lowest BCUT2D eigenvalue weighted by molar-refractivity contribution is 0.306. The first-order valence-corrected chi connectivity index (χ1v) is 8.28. The maximum Gasteiger partial charge on any atom is 0.123 e. The molecule has 0 amide bonds. The van der Waals surface area contributed by atoms with Gasteiger partial charge in [0.1, 0.15) is 18.2 Å². The first-order chi connectivity index (χ1) is 13.2. The summed E-state index contributed by atoms with van der Waals surface area (Å²) in [6, 6.07) is 24.7. The van der Waals surface area contributed by atoms with Gasteiger partial charge in [-0.2, -0.15) is 10.5 Å². The second-order valence-electron chi connectivity index (χ2n) is 5.81. The van der Waals surface area contributed by atoms with E-state index in [-0.39, 0.29) is 5.82 Å². The summed E-state index contributed by atoms with van der Waals surface area (Å²) >= 11 is 0. The summed E-state index contributed by atoms with van der Waals surface area (Å²) in [6.07, 6.45) is 1.70. The van der Waals surface area contributed by atoms with E-state index in [0.29, 0.717) is 29.1 Å². The van der Waals surface area contributed by atoms with Crippen LogP contribution in [0.1, 0.15) is 22.3 Å². The zero-order valence-electron chi connectivity index (χ0n) is 14.4. The summed E-state index contributed by atoms with van der Waals surface area (Å²) in [7, 11) is 0. The molecule has 0 atom stereocenters. The lowest BCUT2D eigenvalue weighted by atomic mass is 10.0. The van der Waals surface area contributed by atoms with Gasteiger partial charge >= 0.3 is 0 Å². The van der Waals surface area contributed by atoms with Gasteiger partial charge in [-0.1, -0.05) is 42.5 Å². The number of allylic oxidation sites excluding steroid dienone is 1. The van der Waals surface area contributed by atoms with Crippen LogP contribution in [0.25, 0.3) is 11.6 Å². The van der Waals surface area contributed by atoms with E-state index < -0.39 is 0 Å². The first kappa shape index (κ1) is 17.9. The Morgan fingerprint density at radius 1 is 0.963 bits per heavy atom. The number of nitriles is 2. The molecule has 0 N–H and O–H groups in total. The van der Waals surface area contributed by atoms with Gasteiger partial charge in [-0.05, 0) is 47.5 Å². The van der Waals surface area contributed by atoms with Gasteiger partial charge in [0.2, 0.25) is 0 Å². The summed E-state index contributed by atoms with van der Waals surface area (Å²) in [6.45, 7) is 0.297. The molecule has 0 aliphatic carbocycles. The van der Waals surface area contributed by atoms with Crippen LogP contribution >= 0.6 is 0 Å². The Morgan fingerprint density at radius 2 is 1.74 bits per heavy atom. The van der Waals surface area contributed by atoms with E-state index in [2.05, 4.69) is 12.1 Å². The van der Waals surface area contributed by atoms with Crippen LogP contribution in [0, 0.1) is 28.5 Å². The van der Waals surface area contributed by atoms with Crippen LogP contribution in [0.15, 0.2) is 72.8 Å². The van der Waals surface area contributed by atoms with E-state index in [0.717, 1.165) is 11.1 Å². The van der Waals surface area contributed by atoms with Gasteiger partial charge in [0.25, 0.3) is 0 Å². The predicted octanol–water partition coefficient (Wildman–Crippen LogP) is 5.34. The van der Waals surface area contributed by atoms with Gasteiger partial charge in [-0.15, -0.1) is 0 Å². The highest BCUT2D eigenvalue weighted by atomic mass is 19.1. The van der Waals surface area contributed by atoms with Crippen molar-refractivity contribution in [1.29, 1.82) is 10.5 Å². The zero-order chi connectivity index (χ0) is 19.1. The number of nitrogens with zero attached hydrogens (tertiary/aromatic N) is 2. The molecule has 3 aromatic rings. The van der Waals surface area contributed by atoms with Crippen LogP contribution < -0.4 is 4.74 Å². The molecule has 0 bridgehead atoms. The van der Waals surface area contributed by atoms with E-state index in [1.165, 1.54) is 12.1 Å². The van der Waals surface area contributed by atoms with Gasteiger partial charge in [-0.25, -0.2) is 4.39 Å². The van der Waals surface area contributed by atoms with Crippen molar-refractivity contribution in [1.82, 2.24) is 0 Å². The van der Waals surface area contributed by atoms with Crippen molar-refractivity contribution in [3.63, 3.8) is 0 Å². The molecule has 3 aromatic carbocycles. The molecule has 0 unspecified atom stereocenters. The summed E-state index contributed by atoms with van der Waals surface area (Å²) in [5, 5.41) is 18.5. The highest BCUT2D eigenvalue weighted by Crippen LogP contribution is 2.21. The van der Waals surface area contributed by atoms with Gasteiger partial charge < -0.3 is 4.74 Å². The van der Waals surface area contributed by atoms with Crippen molar-refractivity contribution < 1.29 is 9.13 Å². The predicted molar refractivity (Wildman–Crippen MR) is 102 cm³/mol. The van der Waals surface area contributed by atoms with Gasteiger partial charge in [0.05, 0.1) is 23.3 Å². The molecule has 3 rings (SSSR count). The molecule has 0 saturated heterocycles. The van der Waals surface area contributed by atoms with Gasteiger partial charge in [0.15, 0.2) is 0 Å². The lowest BCUT2D eigenvalue weighted by Gasteiger charge is -2.08. The number of hydrogen-bond donors (Lipinski definition) is 0. The molecular weight excluding hydrogens is 339 g/mol. The van der Waals surface area contributed by atoms with E-state index in [4.69, 9.17) is 10.00 Å². The van der Waals surface area contributed by atoms with E-state index in [1.807, 2.05) is 30.3 Å². The van der Waals surface area contributed by atoms with Crippen molar-refractivity contribution in [2.24, 2.45) is 0 Å². The summed E-state index contributed by atoms with van der Waals surface area (Å²) in [4.78, 5) is 0. The second kappa shape index (κ2) is 8.47. The van der Waals surface area contributed by atoms with Crippen LogP contribution in [-0.4, -0.2) is 0 Å². The standard InChI is InChI=1S/C23H15FN2O/c24-22-7-3-6-18(13-22)21(15-26)12-17-8-10-23(11-9-17)27-16-20-5-2-1-4-19(20)14-25/h1-13H,16H2/b21-12-. The van der Waals surface area contributed by atoms with Gasteiger partial charge in [0, 0.05) is 5.56 Å². The smallest absolute Gasteiger partial charge is 0.123 e. The van der Waals surface area contributed by atoms with E-state index in [9.17, 15) is 9.65 Å². The normalized spacial score (nSPS) is 10.7. The second-order valence-corrected chi connectivity index (χ2v) is 5.81. The molecule has 0 radical (unpaired) electrons. The Hall–Kier alpha value is -3.89. The molecule has 0 fully saturated rings. The zero-order valence-corrected chi connectivity index (χ0v) is 14.4. The first-order valence-electron chi connectivity index (χ1n) is 8.28. The average molecular weight is 354 g/mol. The molecule has 130 valence electrons. The third-order valence-corrected chi connectivity index (χ3v) is 3.98. The maximum atomic E-state index is 13.4. The quantitative estimate of drug-likeness (QED) is 0.459. The number of hydrogen-bond acceptors (Lipinski definition) is 3. The fourth-order valence-corrected chi connectivity index (χ4v) is 2.58. The molecular formula is C23H15FN2O. The molecule has 0 heterocycles. The van der Waals surface area contributed by atoms with Gasteiger partial charge in [-0.3, -0.25) is 0 Å². The minimum Gasteiger partial charge on any atom is -0.489 e. The third-order valence-electron chi connectivity index (χ3n) is 3.98. The number of halogens is 1. The average Bonchev–Trinajstić information content (AvgIpc) is 2.71. The molecule has 0 spiro atoms. The monoisotopic (exact) mass is 354 g/mol. The molecule has 0 saturated carbocycles. The molecule has 3 nitrogen and oxygen atoms in total. The molecule has 0 aliphatic rings. The number of benzene rings is 3. The Labute approximate surface area is 157 Å². The SMILES string of the molecule is N#C/C(=C/c1ccc(OCc2ccccc2C#N)cc1)c1cccc(F)c1. The van der Waals surface area contributed by atoms with E-state index >= 15 is 0 Å². The van der Waals surface area contributed by atoms with Crippen molar-refractivity contribution in [2.75, 3.05) is 0 Å². The fourth-order valence-electron chi connectivity index (χ4n) is 2.58. The summed E-state index contributed by atoms with van der Waals surface area (Å²) in [5.74, 6) is 0.277. The summed E-state index contributed by atoms with van der Waals surface area (Å²) < 4.78 is 19.1. The summed E-state index contributed by atoms with van der Waals surface area (Å²) in [5.41, 5.74) is 3.13. The van der Waals surface area contributed by atoms with Crippen molar-refractivity contribution >= 4 is 11.6 Å². The molecule has 0 aromatic heterocycles. The number of rotatable bonds is 5. The topological polar surface area (TPSA) is 56.8 Å². The van der Waals surface area contributed by atoms with Crippen LogP contribution in [-0.2, 0) is 6.61 Å². The molecule has 0 aliphatic heterocycles. The Morgan fingerprint density at radius 3 is 2.44 bits per heavy atom. The minimum absolute atomic E-state index is 0.297. The van der Waals surface area contributed by atoms with Crippen LogP contribution in [0.4, 0.5) is 4.39 Å². The third kappa shape index (κ3) is 4.60. The van der Waals surface area contributed by atoms with Crippen LogP contribution in [0.5, 0.6) is 5.75 Å². The fraction of sp³-hybridized carbons (Fsp3) is 0.0435. The minimum atomic E-state index is -0.380. The van der Waals surface area contributed by atoms with Crippen LogP contribution in [0.3, 0.4) is 0 Å². The largest absolute Gasteiger partial charge is 0.489 e. The maximum absolute atomic E-state index is 13.4.